The largest absolute Gasteiger partial charge is 0.318 e. The van der Waals surface area contributed by atoms with Gasteiger partial charge in [-0.15, -0.1) is 0 Å². The summed E-state index contributed by atoms with van der Waals surface area (Å²) in [4.78, 5) is 0. The average molecular weight is 146 g/mol. The van der Waals surface area contributed by atoms with Gasteiger partial charge in [0.15, 0.2) is 0 Å². The van der Waals surface area contributed by atoms with Crippen LogP contribution < -0.4 is 0 Å². The summed E-state index contributed by atoms with van der Waals surface area (Å²) in [5, 5.41) is 0. The van der Waals surface area contributed by atoms with Crippen LogP contribution in [-0.4, -0.2) is 4.55 Å². The highest BCUT2D eigenvalue weighted by Gasteiger charge is 1.71. The predicted octanol–water partition coefficient (Wildman–Crippen LogP) is 0.382. The molecule has 1 N–H and O–H groups in total. The van der Waals surface area contributed by atoms with Crippen molar-refractivity contribution >= 4 is 40.5 Å². The van der Waals surface area contributed by atoms with Gasteiger partial charge >= 0.3 is 0 Å². The van der Waals surface area contributed by atoms with Crippen LogP contribution in [0.1, 0.15) is 0 Å². The molecule has 0 rings (SSSR count). The number of rotatable bonds is 0. The standard InChI is InChI=1S/H2OS4/c1-5(2,3)4/h(H2,1,2,3,4). The van der Waals surface area contributed by atoms with E-state index >= 15 is 0 Å². The maximum absolute atomic E-state index is 8.10. The van der Waals surface area contributed by atoms with Crippen molar-refractivity contribution in [1.82, 2.24) is 0 Å². The second kappa shape index (κ2) is 1.70. The maximum atomic E-state index is 8.10. The lowest BCUT2D eigenvalue weighted by atomic mass is 15.9. The molecule has 5 heavy (non-hydrogen) atoms. The second-order valence-corrected chi connectivity index (χ2v) is 7.94. The number of thiol groups is 1. The van der Waals surface area contributed by atoms with Crippen molar-refractivity contribution < 1.29 is 4.55 Å². The van der Waals surface area contributed by atoms with Crippen molar-refractivity contribution in [3.8, 4) is 0 Å². The van der Waals surface area contributed by atoms with Crippen LogP contribution in [0.25, 0.3) is 0 Å². The van der Waals surface area contributed by atoms with Crippen molar-refractivity contribution in [1.29, 1.82) is 0 Å². The number of hydrogen-bond acceptors (Lipinski definition) is 2. The first kappa shape index (κ1) is 6.10. The molecule has 0 aromatic heterocycles. The van der Waals surface area contributed by atoms with Crippen LogP contribution in [0.2, 0.25) is 0 Å². The zero-order chi connectivity index (χ0) is 4.50. The van der Waals surface area contributed by atoms with Gasteiger partial charge in [0.2, 0.25) is 0 Å². The third-order valence-electron chi connectivity index (χ3n) is 0. The van der Waals surface area contributed by atoms with E-state index in [1.54, 1.807) is 0 Å². The Kier molecular flexibility index (Phi) is 2.07. The molecule has 0 saturated heterocycles. The summed E-state index contributed by atoms with van der Waals surface area (Å²) in [6, 6.07) is 0. The Hall–Kier alpha value is 1.10. The van der Waals surface area contributed by atoms with Gasteiger partial charge in [0.25, 0.3) is 0 Å². The van der Waals surface area contributed by atoms with E-state index in [1.165, 1.54) is 0 Å². The summed E-state index contributed by atoms with van der Waals surface area (Å²) < 4.78 is 8.10. The van der Waals surface area contributed by atoms with E-state index in [-0.39, 0.29) is 0 Å². The average Bonchev–Trinajstić information content (AvgIpc) is 0.722. The molecule has 0 aliphatic rings. The Morgan fingerprint density at radius 2 is 1.60 bits per heavy atom. The van der Waals surface area contributed by atoms with Crippen LogP contribution in [0.4, 0.5) is 0 Å². The molecule has 32 valence electrons. The summed E-state index contributed by atoms with van der Waals surface area (Å²) in [5.41, 5.74) is 0. The van der Waals surface area contributed by atoms with Gasteiger partial charge < -0.3 is 4.55 Å². The third kappa shape index (κ3) is 40.5. The van der Waals surface area contributed by atoms with Crippen molar-refractivity contribution in [2.75, 3.05) is 0 Å². The first-order valence-corrected chi connectivity index (χ1v) is 5.19. The minimum Gasteiger partial charge on any atom is -0.318 e. The zero-order valence-electron chi connectivity index (χ0n) is 2.12. The van der Waals surface area contributed by atoms with Gasteiger partial charge in [-0.25, -0.2) is 0 Å². The van der Waals surface area contributed by atoms with Crippen molar-refractivity contribution in [3.05, 3.63) is 0 Å². The third-order valence-corrected chi connectivity index (χ3v) is 0. The molecule has 0 aromatic rings. The first-order chi connectivity index (χ1) is 2.00. The molecule has 0 unspecified atom stereocenters. The zero-order valence-corrected chi connectivity index (χ0v) is 5.46. The molecule has 0 radical (unpaired) electrons. The molecule has 0 heterocycles. The van der Waals surface area contributed by atoms with Crippen LogP contribution in [0.15, 0.2) is 0 Å². The fraction of sp³-hybridized carbons (Fsp3) is 0. The molecule has 0 fully saturated rings. The Bertz CT molecular complexity index is 86.8. The molecule has 0 amide bonds. The quantitative estimate of drug-likeness (QED) is 0.381. The molecule has 0 spiro atoms. The molecule has 0 aromatic carbocycles. The van der Waals surface area contributed by atoms with Crippen LogP contribution >= 0.6 is 11.7 Å². The van der Waals surface area contributed by atoms with E-state index < -0.39 is 6.46 Å². The maximum Gasteiger partial charge on any atom is 0.0653 e. The van der Waals surface area contributed by atoms with Gasteiger partial charge in [-0.2, -0.15) is 0 Å². The SMILES string of the molecule is OS(=S)(=S)S. The normalized spacial score (nSPS) is 11.6. The van der Waals surface area contributed by atoms with Crippen molar-refractivity contribution in [3.63, 3.8) is 0 Å². The lowest BCUT2D eigenvalue weighted by Gasteiger charge is -1.77. The number of hydrogen-bond donors (Lipinski definition) is 2. The van der Waals surface area contributed by atoms with Gasteiger partial charge in [0.1, 0.15) is 0 Å². The lowest BCUT2D eigenvalue weighted by molar-refractivity contribution is 0.668. The lowest BCUT2D eigenvalue weighted by Crippen LogP contribution is -1.71. The monoisotopic (exact) mass is 146 g/mol. The molecule has 0 saturated carbocycles. The molecule has 5 heteroatoms. The van der Waals surface area contributed by atoms with E-state index in [4.69, 9.17) is 4.55 Å². The van der Waals surface area contributed by atoms with Gasteiger partial charge in [-0.1, -0.05) is 11.7 Å². The summed E-state index contributed by atoms with van der Waals surface area (Å²) >= 11 is 11.7. The highest BCUT2D eigenvalue weighted by molar-refractivity contribution is 8.90. The molecular weight excluding hydrogens is 144 g/mol. The summed E-state index contributed by atoms with van der Waals surface area (Å²) in [7, 11) is 0. The highest BCUT2D eigenvalue weighted by Crippen LogP contribution is 1.85. The van der Waals surface area contributed by atoms with Crippen molar-refractivity contribution in [2.45, 2.75) is 0 Å². The van der Waals surface area contributed by atoms with E-state index in [1.807, 2.05) is 0 Å². The Balaban J connectivity index is 4.06. The van der Waals surface area contributed by atoms with Gasteiger partial charge in [-0.3, -0.25) is 0 Å². The van der Waals surface area contributed by atoms with Gasteiger partial charge in [-0.05, 0) is 22.4 Å². The van der Waals surface area contributed by atoms with Crippen LogP contribution in [-0.2, 0) is 28.8 Å². The first-order valence-electron chi connectivity index (χ1n) is 0.698. The Morgan fingerprint density at radius 1 is 1.60 bits per heavy atom. The van der Waals surface area contributed by atoms with Gasteiger partial charge in [0.05, 0.1) is 6.46 Å². The molecule has 1 nitrogen and oxygen atoms in total. The van der Waals surface area contributed by atoms with E-state index in [0.29, 0.717) is 0 Å². The molecule has 0 aliphatic carbocycles. The van der Waals surface area contributed by atoms with E-state index in [2.05, 4.69) is 34.0 Å². The van der Waals surface area contributed by atoms with Crippen LogP contribution in [0.3, 0.4) is 0 Å². The smallest absolute Gasteiger partial charge is 0.0653 e. The van der Waals surface area contributed by atoms with Gasteiger partial charge in [0, 0.05) is 0 Å². The molecule has 0 bridgehead atoms. The van der Waals surface area contributed by atoms with Crippen LogP contribution in [0.5, 0.6) is 0 Å². The fourth-order valence-electron chi connectivity index (χ4n) is 0. The Labute approximate surface area is 45.2 Å². The van der Waals surface area contributed by atoms with E-state index in [9.17, 15) is 0 Å². The van der Waals surface area contributed by atoms with Crippen molar-refractivity contribution in [2.24, 2.45) is 0 Å². The molecular formula is H2OS4. The highest BCUT2D eigenvalue weighted by atomic mass is 33.5. The summed E-state index contributed by atoms with van der Waals surface area (Å²) in [5.74, 6) is 0. The topological polar surface area (TPSA) is 20.2 Å². The molecule has 0 atom stereocenters. The molecule has 0 aliphatic heterocycles. The fourth-order valence-corrected chi connectivity index (χ4v) is 0. The Morgan fingerprint density at radius 3 is 1.60 bits per heavy atom. The minimum atomic E-state index is -2.31. The minimum absolute atomic E-state index is 2.31. The predicted molar refractivity (Wildman–Crippen MR) is 33.7 cm³/mol. The summed E-state index contributed by atoms with van der Waals surface area (Å²) in [6.07, 6.45) is 0. The summed E-state index contributed by atoms with van der Waals surface area (Å²) in [6.45, 7) is -2.31. The van der Waals surface area contributed by atoms with Crippen LogP contribution in [0, 0.1) is 0 Å². The second-order valence-electron chi connectivity index (χ2n) is 0.448. The van der Waals surface area contributed by atoms with E-state index in [0.717, 1.165) is 0 Å².